The number of nitrogens with zero attached hydrogens (tertiary/aromatic N) is 1. The number of imide groups is 1. The molecule has 0 aromatic heterocycles. The minimum Gasteiger partial charge on any atom is -0.468 e. The standard InChI is InChI=1S/C38H55FN8O12/c1-21(2)32(36(55)44-24(8-7-16-41-38(40)57)35(54)43-23-12-10-22(11-13-23)18-25(46-39)37(56)58-3)45-29(49)19-26-33(52)34(53)27(59-26)20-42-28(48)9-5-4-6-17-47-30(50)14-15-31(47)51/h10-15,21,24-27,32-34,46,52-53H,4-9,16-20H2,1-3H3,(H,42,48)(H,43,54)(H,44,55)(H,45,49)(H3,40,41,57)/t24?,25?,26-,27+,32?,33-,34+/m0/s1. The lowest BCUT2D eigenvalue weighted by atomic mass is 10.0. The first-order valence-corrected chi connectivity index (χ1v) is 19.3. The Kier molecular flexibility index (Phi) is 19.3. The number of methoxy groups -OCH3 is 1. The van der Waals surface area contributed by atoms with Crippen molar-refractivity contribution < 1.29 is 62.5 Å². The molecule has 326 valence electrons. The van der Waals surface area contributed by atoms with E-state index in [0.717, 1.165) is 12.0 Å². The molecule has 2 heterocycles. The molecule has 3 rings (SSSR count). The fourth-order valence-corrected chi connectivity index (χ4v) is 6.35. The van der Waals surface area contributed by atoms with Gasteiger partial charge < -0.3 is 52.0 Å². The van der Waals surface area contributed by atoms with E-state index in [2.05, 4.69) is 31.3 Å². The average Bonchev–Trinajstić information content (AvgIpc) is 3.66. The van der Waals surface area contributed by atoms with Crippen molar-refractivity contribution in [1.29, 1.82) is 0 Å². The lowest BCUT2D eigenvalue weighted by molar-refractivity contribution is -0.144. The Balaban J connectivity index is 1.52. The largest absolute Gasteiger partial charge is 0.468 e. The second-order valence-corrected chi connectivity index (χ2v) is 14.5. The summed E-state index contributed by atoms with van der Waals surface area (Å²) >= 11 is 0. The normalized spacial score (nSPS) is 20.2. The number of rotatable bonds is 24. The summed E-state index contributed by atoms with van der Waals surface area (Å²) in [6, 6.07) is 1.86. The summed E-state index contributed by atoms with van der Waals surface area (Å²) < 4.78 is 23.4. The van der Waals surface area contributed by atoms with Crippen molar-refractivity contribution in [3.63, 3.8) is 0 Å². The molecule has 0 radical (unpaired) electrons. The van der Waals surface area contributed by atoms with E-state index in [9.17, 15) is 53.1 Å². The smallest absolute Gasteiger partial charge is 0.325 e. The van der Waals surface area contributed by atoms with Gasteiger partial charge in [-0.3, -0.25) is 38.5 Å². The number of carbonyl (C=O) groups excluding carboxylic acids is 8. The van der Waals surface area contributed by atoms with Gasteiger partial charge in [0.15, 0.2) is 0 Å². The number of halogens is 1. The summed E-state index contributed by atoms with van der Waals surface area (Å²) in [5.74, 6) is -4.39. The van der Waals surface area contributed by atoms with Crippen molar-refractivity contribution in [1.82, 2.24) is 31.7 Å². The third-order valence-corrected chi connectivity index (χ3v) is 9.68. The summed E-state index contributed by atoms with van der Waals surface area (Å²) in [4.78, 5) is 99.9. The number of hydrogen-bond donors (Lipinski definition) is 9. The minimum absolute atomic E-state index is 0.0339. The average molecular weight is 835 g/mol. The molecular weight excluding hydrogens is 779 g/mol. The van der Waals surface area contributed by atoms with Crippen molar-refractivity contribution in [3.8, 4) is 0 Å². The van der Waals surface area contributed by atoms with E-state index in [0.29, 0.717) is 30.5 Å². The Morgan fingerprint density at radius 2 is 1.53 bits per heavy atom. The number of urea groups is 1. The van der Waals surface area contributed by atoms with Gasteiger partial charge in [-0.25, -0.2) is 4.79 Å². The first kappa shape index (κ1) is 47.9. The molecule has 2 aliphatic heterocycles. The highest BCUT2D eigenvalue weighted by molar-refractivity contribution is 6.12. The molecule has 21 heteroatoms. The SMILES string of the molecule is COC(=O)C(Cc1ccc(NC(=O)C(CCCNC(N)=O)NC(=O)C(NC(=O)C[C@@H]2O[C@H](CNC(=O)CCCCCN3C(=O)C=CC3=O)[C@@H](O)[C@H]2O)C(C)C)cc1)NF. The fraction of sp³-hybridized carbons (Fsp3) is 0.579. The van der Waals surface area contributed by atoms with E-state index in [-0.39, 0.29) is 63.0 Å². The van der Waals surface area contributed by atoms with Crippen molar-refractivity contribution >= 4 is 53.1 Å². The van der Waals surface area contributed by atoms with Crippen LogP contribution in [-0.2, 0) is 49.5 Å². The highest BCUT2D eigenvalue weighted by Gasteiger charge is 2.44. The van der Waals surface area contributed by atoms with Gasteiger partial charge >= 0.3 is 12.0 Å². The highest BCUT2D eigenvalue weighted by Crippen LogP contribution is 2.24. The lowest BCUT2D eigenvalue weighted by Gasteiger charge is -2.26. The van der Waals surface area contributed by atoms with E-state index in [1.807, 2.05) is 0 Å². The molecule has 0 bridgehead atoms. The van der Waals surface area contributed by atoms with Gasteiger partial charge in [0.25, 0.3) is 11.8 Å². The molecule has 3 unspecified atom stereocenters. The molecule has 8 amide bonds. The third kappa shape index (κ3) is 15.3. The number of ether oxygens (including phenoxy) is 2. The van der Waals surface area contributed by atoms with Crippen LogP contribution in [0.15, 0.2) is 36.4 Å². The number of nitrogens with one attached hydrogen (secondary N) is 6. The molecule has 1 saturated heterocycles. The quantitative estimate of drug-likeness (QED) is 0.0255. The molecule has 0 aliphatic carbocycles. The van der Waals surface area contributed by atoms with E-state index in [1.54, 1.807) is 26.0 Å². The molecule has 2 aliphatic rings. The van der Waals surface area contributed by atoms with Crippen LogP contribution in [-0.4, -0.2) is 132 Å². The topological polar surface area (TPSA) is 297 Å². The predicted octanol–water partition coefficient (Wildman–Crippen LogP) is -1.26. The Labute approximate surface area is 340 Å². The maximum atomic E-state index is 13.6. The first-order chi connectivity index (χ1) is 28.0. The van der Waals surface area contributed by atoms with Crippen molar-refractivity contribution in [3.05, 3.63) is 42.0 Å². The summed E-state index contributed by atoms with van der Waals surface area (Å²) in [7, 11) is 1.13. The summed E-state index contributed by atoms with van der Waals surface area (Å²) in [6.07, 6.45) is -1.17. The third-order valence-electron chi connectivity index (χ3n) is 9.68. The predicted molar refractivity (Wildman–Crippen MR) is 207 cm³/mol. The maximum Gasteiger partial charge on any atom is 0.325 e. The number of aliphatic hydroxyl groups is 2. The number of unbranched alkanes of at least 4 members (excludes halogenated alkanes) is 2. The lowest BCUT2D eigenvalue weighted by Crippen LogP contribution is -2.55. The van der Waals surface area contributed by atoms with Crippen molar-refractivity contribution in [2.45, 2.75) is 108 Å². The zero-order valence-electron chi connectivity index (χ0n) is 33.2. The van der Waals surface area contributed by atoms with E-state index in [4.69, 9.17) is 10.5 Å². The second kappa shape index (κ2) is 23.8. The Morgan fingerprint density at radius 1 is 0.864 bits per heavy atom. The van der Waals surface area contributed by atoms with Gasteiger partial charge in [-0.2, -0.15) is 0 Å². The molecule has 59 heavy (non-hydrogen) atoms. The Morgan fingerprint density at radius 3 is 2.14 bits per heavy atom. The monoisotopic (exact) mass is 834 g/mol. The molecule has 0 saturated carbocycles. The van der Waals surface area contributed by atoms with Crippen molar-refractivity contribution in [2.24, 2.45) is 11.7 Å². The van der Waals surface area contributed by atoms with Gasteiger partial charge in [0.2, 0.25) is 23.6 Å². The van der Waals surface area contributed by atoms with Crippen LogP contribution in [0.5, 0.6) is 0 Å². The van der Waals surface area contributed by atoms with Gasteiger partial charge in [0.1, 0.15) is 36.4 Å². The molecule has 0 spiro atoms. The van der Waals surface area contributed by atoms with Crippen LogP contribution in [0.25, 0.3) is 0 Å². The van der Waals surface area contributed by atoms with Crippen LogP contribution < -0.4 is 37.9 Å². The highest BCUT2D eigenvalue weighted by atomic mass is 19.2. The number of anilines is 1. The van der Waals surface area contributed by atoms with E-state index in [1.165, 1.54) is 29.8 Å². The minimum atomic E-state index is -1.48. The van der Waals surface area contributed by atoms with Crippen LogP contribution in [0, 0.1) is 5.92 Å². The second-order valence-electron chi connectivity index (χ2n) is 14.5. The number of nitrogens with two attached hydrogens (primary N) is 1. The summed E-state index contributed by atoms with van der Waals surface area (Å²) in [5.41, 5.74) is 7.40. The van der Waals surface area contributed by atoms with Crippen LogP contribution in [0.2, 0.25) is 0 Å². The van der Waals surface area contributed by atoms with Gasteiger partial charge in [0.05, 0.1) is 19.6 Å². The number of aliphatic hydroxyl groups excluding tert-OH is 2. The van der Waals surface area contributed by atoms with Crippen LogP contribution in [0.3, 0.4) is 0 Å². The van der Waals surface area contributed by atoms with Crippen molar-refractivity contribution in [2.75, 3.05) is 32.1 Å². The van der Waals surface area contributed by atoms with E-state index < -0.39 is 84.6 Å². The Hall–Kier alpha value is -5.51. The van der Waals surface area contributed by atoms with Gasteiger partial charge in [0, 0.05) is 50.3 Å². The zero-order chi connectivity index (χ0) is 43.6. The van der Waals surface area contributed by atoms with Crippen LogP contribution >= 0.6 is 0 Å². The first-order valence-electron chi connectivity index (χ1n) is 19.3. The number of benzene rings is 1. The molecule has 10 N–H and O–H groups in total. The van der Waals surface area contributed by atoms with Gasteiger partial charge in [-0.1, -0.05) is 32.4 Å². The number of carbonyl (C=O) groups is 8. The zero-order valence-corrected chi connectivity index (χ0v) is 33.2. The molecule has 20 nitrogen and oxygen atoms in total. The number of primary amides is 1. The van der Waals surface area contributed by atoms with Crippen LogP contribution in [0.1, 0.15) is 64.4 Å². The summed E-state index contributed by atoms with van der Waals surface area (Å²) in [6.45, 7) is 3.53. The van der Waals surface area contributed by atoms with Crippen LogP contribution in [0.4, 0.5) is 15.0 Å². The van der Waals surface area contributed by atoms with E-state index >= 15 is 0 Å². The number of esters is 1. The molecule has 1 aromatic rings. The number of hydrogen-bond acceptors (Lipinski definition) is 13. The summed E-state index contributed by atoms with van der Waals surface area (Å²) in [5, 5.41) is 34.2. The van der Waals surface area contributed by atoms with Gasteiger partial charge in [-0.05, 0) is 49.3 Å². The molecule has 1 aromatic carbocycles. The molecule has 7 atom stereocenters. The Bertz CT molecular complexity index is 1660. The fourth-order valence-electron chi connectivity index (χ4n) is 6.35. The van der Waals surface area contributed by atoms with Gasteiger partial charge in [-0.15, -0.1) is 10.0 Å². The molecule has 1 fully saturated rings. The molecular formula is C38H55FN8O12. The maximum absolute atomic E-state index is 13.6. The number of amides is 8.